The minimum atomic E-state index is -3.55. The molecule has 1 aromatic heterocycles. The van der Waals surface area contributed by atoms with Crippen molar-refractivity contribution >= 4 is 27.7 Å². The van der Waals surface area contributed by atoms with Crippen molar-refractivity contribution in [3.63, 3.8) is 0 Å². The molecule has 1 N–H and O–H groups in total. The molecule has 2 heterocycles. The number of carbonyl (C=O) groups is 1. The molecule has 4 rings (SSSR count). The number of piperidine rings is 1. The summed E-state index contributed by atoms with van der Waals surface area (Å²) in [5, 5.41) is 11.1. The second-order valence-electron chi connectivity index (χ2n) is 7.86. The maximum Gasteiger partial charge on any atom is 0.277 e. The molecule has 0 bridgehead atoms. The normalized spacial score (nSPS) is 14.8. The lowest BCUT2D eigenvalue weighted by molar-refractivity contribution is -0.118. The van der Waals surface area contributed by atoms with Crippen LogP contribution in [0.4, 0.5) is 0 Å². The summed E-state index contributed by atoms with van der Waals surface area (Å²) in [6.45, 7) is 3.54. The fraction of sp³-hybridized carbons (Fsp3) is 0.348. The van der Waals surface area contributed by atoms with Crippen LogP contribution >= 0.6 is 11.8 Å². The summed E-state index contributed by atoms with van der Waals surface area (Å²) in [5.41, 5.74) is 2.71. The van der Waals surface area contributed by atoms with Gasteiger partial charge in [-0.05, 0) is 49.1 Å². The number of benzene rings is 2. The van der Waals surface area contributed by atoms with Crippen LogP contribution in [0, 0.1) is 6.92 Å². The van der Waals surface area contributed by atoms with Crippen LogP contribution in [0.25, 0.3) is 11.5 Å². The summed E-state index contributed by atoms with van der Waals surface area (Å²) in [6.07, 6.45) is 2.81. The lowest BCUT2D eigenvalue weighted by atomic mass is 10.1. The molecule has 3 aromatic rings. The van der Waals surface area contributed by atoms with E-state index in [0.29, 0.717) is 25.2 Å². The van der Waals surface area contributed by atoms with Gasteiger partial charge in [0.2, 0.25) is 21.8 Å². The molecular weight excluding hydrogens is 460 g/mol. The maximum atomic E-state index is 12.9. The smallest absolute Gasteiger partial charge is 0.277 e. The van der Waals surface area contributed by atoms with Gasteiger partial charge >= 0.3 is 0 Å². The Hall–Kier alpha value is -2.69. The Morgan fingerprint density at radius 2 is 1.88 bits per heavy atom. The number of sulfonamides is 1. The van der Waals surface area contributed by atoms with Gasteiger partial charge in [0.25, 0.3) is 5.22 Å². The molecule has 1 aliphatic heterocycles. The quantitative estimate of drug-likeness (QED) is 0.485. The third kappa shape index (κ3) is 5.82. The summed E-state index contributed by atoms with van der Waals surface area (Å²) in [4.78, 5) is 12.4. The number of rotatable bonds is 8. The fourth-order valence-electron chi connectivity index (χ4n) is 3.61. The van der Waals surface area contributed by atoms with Crippen LogP contribution in [0.3, 0.4) is 0 Å². The molecule has 0 saturated carbocycles. The Labute approximate surface area is 197 Å². The lowest BCUT2D eigenvalue weighted by Crippen LogP contribution is -2.35. The van der Waals surface area contributed by atoms with E-state index in [0.717, 1.165) is 42.2 Å². The third-order valence-corrected chi connectivity index (χ3v) is 8.22. The summed E-state index contributed by atoms with van der Waals surface area (Å²) < 4.78 is 33.1. The zero-order chi connectivity index (χ0) is 23.3. The number of aryl methyl sites for hydroxylation is 1. The van der Waals surface area contributed by atoms with Crippen LogP contribution in [0.5, 0.6) is 0 Å². The van der Waals surface area contributed by atoms with E-state index in [9.17, 15) is 13.2 Å². The number of carbonyl (C=O) groups excluding carboxylic acids is 1. The molecule has 1 amide bonds. The molecule has 0 radical (unpaired) electrons. The van der Waals surface area contributed by atoms with Crippen molar-refractivity contribution in [2.24, 2.45) is 0 Å². The molecule has 1 fully saturated rings. The summed E-state index contributed by atoms with van der Waals surface area (Å²) >= 11 is 1.14. The monoisotopic (exact) mass is 486 g/mol. The minimum absolute atomic E-state index is 0.136. The largest absolute Gasteiger partial charge is 0.411 e. The number of nitrogens with one attached hydrogen (secondary N) is 1. The number of nitrogens with zero attached hydrogens (tertiary/aromatic N) is 3. The van der Waals surface area contributed by atoms with Gasteiger partial charge in [-0.25, -0.2) is 8.42 Å². The Balaban J connectivity index is 1.37. The molecule has 0 spiro atoms. The fourth-order valence-corrected chi connectivity index (χ4v) is 5.77. The number of thioether (sulfide) groups is 1. The Morgan fingerprint density at radius 3 is 2.67 bits per heavy atom. The van der Waals surface area contributed by atoms with Crippen molar-refractivity contribution in [1.29, 1.82) is 0 Å². The molecule has 33 heavy (non-hydrogen) atoms. The van der Waals surface area contributed by atoms with Crippen LogP contribution in [-0.2, 0) is 21.4 Å². The molecule has 1 aliphatic rings. The maximum absolute atomic E-state index is 12.9. The van der Waals surface area contributed by atoms with E-state index in [4.69, 9.17) is 4.42 Å². The van der Waals surface area contributed by atoms with Gasteiger partial charge in [-0.2, -0.15) is 4.31 Å². The van der Waals surface area contributed by atoms with Gasteiger partial charge in [0.15, 0.2) is 0 Å². The van der Waals surface area contributed by atoms with Gasteiger partial charge in [0, 0.05) is 25.2 Å². The first-order valence-electron chi connectivity index (χ1n) is 10.8. The van der Waals surface area contributed by atoms with Crippen molar-refractivity contribution in [3.8, 4) is 11.5 Å². The molecule has 1 saturated heterocycles. The summed E-state index contributed by atoms with van der Waals surface area (Å²) in [6, 6.07) is 14.4. The van der Waals surface area contributed by atoms with E-state index in [-0.39, 0.29) is 27.7 Å². The molecule has 174 valence electrons. The van der Waals surface area contributed by atoms with Crippen molar-refractivity contribution in [2.75, 3.05) is 18.8 Å². The second-order valence-corrected chi connectivity index (χ2v) is 10.7. The molecule has 2 aromatic carbocycles. The molecule has 0 unspecified atom stereocenters. The predicted molar refractivity (Wildman–Crippen MR) is 126 cm³/mol. The van der Waals surface area contributed by atoms with Crippen LogP contribution in [0.2, 0.25) is 0 Å². The first kappa shape index (κ1) is 23.5. The lowest BCUT2D eigenvalue weighted by Gasteiger charge is -2.25. The zero-order valence-electron chi connectivity index (χ0n) is 18.4. The first-order valence-corrected chi connectivity index (χ1v) is 13.2. The molecule has 0 atom stereocenters. The van der Waals surface area contributed by atoms with E-state index in [1.807, 2.05) is 31.2 Å². The SMILES string of the molecule is Cc1ccccc1CNC(=O)CSc1nnc(-c2cccc(S(=O)(=O)N3CCCCC3)c2)o1. The van der Waals surface area contributed by atoms with E-state index in [1.54, 1.807) is 24.3 Å². The summed E-state index contributed by atoms with van der Waals surface area (Å²) in [7, 11) is -3.55. The third-order valence-electron chi connectivity index (χ3n) is 5.50. The summed E-state index contributed by atoms with van der Waals surface area (Å²) in [5.74, 6) is 0.211. The highest BCUT2D eigenvalue weighted by atomic mass is 32.2. The van der Waals surface area contributed by atoms with Crippen molar-refractivity contribution < 1.29 is 17.6 Å². The van der Waals surface area contributed by atoms with Gasteiger partial charge in [-0.3, -0.25) is 4.79 Å². The number of hydrogen-bond donors (Lipinski definition) is 1. The van der Waals surface area contributed by atoms with Gasteiger partial charge in [0.05, 0.1) is 10.6 Å². The van der Waals surface area contributed by atoms with Crippen LogP contribution in [-0.4, -0.2) is 47.7 Å². The van der Waals surface area contributed by atoms with Crippen LogP contribution < -0.4 is 5.32 Å². The standard InChI is InChI=1S/C23H26N4O4S2/c1-17-8-3-4-9-19(17)15-24-21(28)16-32-23-26-25-22(31-23)18-10-7-11-20(14-18)33(29,30)27-12-5-2-6-13-27/h3-4,7-11,14H,2,5-6,12-13,15-16H2,1H3,(H,24,28). The topological polar surface area (TPSA) is 105 Å². The molecular formula is C23H26N4O4S2. The van der Waals surface area contributed by atoms with Gasteiger partial charge in [-0.1, -0.05) is 48.5 Å². The predicted octanol–water partition coefficient (Wildman–Crippen LogP) is 3.63. The van der Waals surface area contributed by atoms with Crippen LogP contribution in [0.15, 0.2) is 63.1 Å². The van der Waals surface area contributed by atoms with Crippen molar-refractivity contribution in [1.82, 2.24) is 19.8 Å². The molecule has 10 heteroatoms. The van der Waals surface area contributed by atoms with E-state index < -0.39 is 10.0 Å². The van der Waals surface area contributed by atoms with Gasteiger partial charge in [-0.15, -0.1) is 10.2 Å². The van der Waals surface area contributed by atoms with Gasteiger partial charge in [0.1, 0.15) is 0 Å². The van der Waals surface area contributed by atoms with Crippen LogP contribution in [0.1, 0.15) is 30.4 Å². The van der Waals surface area contributed by atoms with E-state index in [1.165, 1.54) is 4.31 Å². The van der Waals surface area contributed by atoms with Crippen molar-refractivity contribution in [2.45, 2.75) is 42.8 Å². The number of aromatic nitrogens is 2. The Kier molecular flexibility index (Phi) is 7.46. The second kappa shape index (κ2) is 10.5. The van der Waals surface area contributed by atoms with Gasteiger partial charge < -0.3 is 9.73 Å². The highest BCUT2D eigenvalue weighted by Crippen LogP contribution is 2.27. The zero-order valence-corrected chi connectivity index (χ0v) is 20.0. The van der Waals surface area contributed by atoms with E-state index in [2.05, 4.69) is 15.5 Å². The first-order chi connectivity index (χ1) is 15.9. The Morgan fingerprint density at radius 1 is 1.09 bits per heavy atom. The molecule has 0 aliphatic carbocycles. The Bertz CT molecular complexity index is 1220. The number of amides is 1. The highest BCUT2D eigenvalue weighted by molar-refractivity contribution is 7.99. The minimum Gasteiger partial charge on any atom is -0.411 e. The number of hydrogen-bond acceptors (Lipinski definition) is 7. The average molecular weight is 487 g/mol. The van der Waals surface area contributed by atoms with Crippen molar-refractivity contribution in [3.05, 3.63) is 59.7 Å². The van der Waals surface area contributed by atoms with E-state index >= 15 is 0 Å². The highest BCUT2D eigenvalue weighted by Gasteiger charge is 2.26. The average Bonchev–Trinajstić information content (AvgIpc) is 3.32. The molecule has 8 nitrogen and oxygen atoms in total.